The normalized spacial score (nSPS) is 20.2. The number of hydrogen-bond donors (Lipinski definition) is 4. The second-order valence-corrected chi connectivity index (χ2v) is 9.04. The molecule has 0 radical (unpaired) electrons. The van der Waals surface area contributed by atoms with Crippen LogP contribution in [0.5, 0.6) is 0 Å². The van der Waals surface area contributed by atoms with Crippen molar-refractivity contribution in [2.75, 3.05) is 11.9 Å². The fourth-order valence-electron chi connectivity index (χ4n) is 3.26. The summed E-state index contributed by atoms with van der Waals surface area (Å²) >= 11 is 3.10. The Bertz CT molecular complexity index is 998. The Hall–Kier alpha value is -2.09. The summed E-state index contributed by atoms with van der Waals surface area (Å²) in [6, 6.07) is 4.39. The number of anilines is 1. The number of amidine groups is 1. The van der Waals surface area contributed by atoms with E-state index in [9.17, 15) is 12.8 Å². The van der Waals surface area contributed by atoms with Gasteiger partial charge in [0.15, 0.2) is 11.5 Å². The SMILES string of the molecule is NC(=Nc1ccc(F)c(Br)c1)c1nonc1NC1CCC(CCNS(N)(=O)=O)C1. The van der Waals surface area contributed by atoms with Gasteiger partial charge in [-0.3, -0.25) is 0 Å². The van der Waals surface area contributed by atoms with Crippen LogP contribution in [0.3, 0.4) is 0 Å². The van der Waals surface area contributed by atoms with Crippen LogP contribution in [0.15, 0.2) is 32.3 Å². The van der Waals surface area contributed by atoms with Crippen LogP contribution in [0.2, 0.25) is 0 Å². The van der Waals surface area contributed by atoms with Gasteiger partial charge in [-0.25, -0.2) is 23.9 Å². The number of aromatic nitrogens is 2. The fraction of sp³-hybridized carbons (Fsp3) is 0.438. The molecule has 29 heavy (non-hydrogen) atoms. The van der Waals surface area contributed by atoms with E-state index in [4.69, 9.17) is 15.5 Å². The van der Waals surface area contributed by atoms with Crippen molar-refractivity contribution in [2.45, 2.75) is 31.7 Å². The van der Waals surface area contributed by atoms with Crippen LogP contribution in [-0.2, 0) is 10.2 Å². The smallest absolute Gasteiger partial charge is 0.274 e. The van der Waals surface area contributed by atoms with Crippen LogP contribution in [0, 0.1) is 11.7 Å². The number of aliphatic imine (C=N–C) groups is 1. The van der Waals surface area contributed by atoms with Gasteiger partial charge in [0.05, 0.1) is 10.2 Å². The average Bonchev–Trinajstić information content (AvgIpc) is 3.27. The molecule has 0 spiro atoms. The van der Waals surface area contributed by atoms with E-state index in [1.54, 1.807) is 0 Å². The number of nitrogens with one attached hydrogen (secondary N) is 2. The molecular formula is C16H21BrFN7O3S. The number of rotatable bonds is 8. The molecule has 2 unspecified atom stereocenters. The van der Waals surface area contributed by atoms with Crippen LogP contribution in [0.1, 0.15) is 31.4 Å². The highest BCUT2D eigenvalue weighted by atomic mass is 79.9. The molecule has 6 N–H and O–H groups in total. The predicted octanol–water partition coefficient (Wildman–Crippen LogP) is 1.77. The standard InChI is InChI=1S/C16H21BrFN7O3S/c17-12-8-11(3-4-13(12)18)22-15(19)14-16(25-28-24-14)23-10-2-1-9(7-10)5-6-21-29(20,26)27/h3-4,8-10,21H,1-2,5-7H2,(H2,19,22)(H,23,25)(H2,20,26,27). The molecule has 1 aliphatic rings. The Morgan fingerprint density at radius 2 is 2.17 bits per heavy atom. The maximum atomic E-state index is 13.4. The Morgan fingerprint density at radius 3 is 2.90 bits per heavy atom. The van der Waals surface area contributed by atoms with Gasteiger partial charge < -0.3 is 11.1 Å². The van der Waals surface area contributed by atoms with Gasteiger partial charge in [-0.2, -0.15) is 8.42 Å². The maximum Gasteiger partial charge on any atom is 0.274 e. The summed E-state index contributed by atoms with van der Waals surface area (Å²) in [5.74, 6) is 0.413. The van der Waals surface area contributed by atoms with Crippen molar-refractivity contribution < 1.29 is 17.4 Å². The van der Waals surface area contributed by atoms with Crippen molar-refractivity contribution in [3.63, 3.8) is 0 Å². The van der Waals surface area contributed by atoms with E-state index in [1.807, 2.05) is 0 Å². The lowest BCUT2D eigenvalue weighted by Crippen LogP contribution is -2.32. The van der Waals surface area contributed by atoms with E-state index in [0.29, 0.717) is 30.4 Å². The van der Waals surface area contributed by atoms with Crippen LogP contribution in [0.4, 0.5) is 15.9 Å². The Labute approximate surface area is 175 Å². The third-order valence-corrected chi connectivity index (χ3v) is 5.84. The summed E-state index contributed by atoms with van der Waals surface area (Å²) in [5, 5.41) is 15.9. The van der Waals surface area contributed by atoms with Crippen molar-refractivity contribution in [1.82, 2.24) is 15.0 Å². The van der Waals surface area contributed by atoms with E-state index >= 15 is 0 Å². The molecule has 3 rings (SSSR count). The van der Waals surface area contributed by atoms with Crippen LogP contribution in [0.25, 0.3) is 0 Å². The van der Waals surface area contributed by atoms with Gasteiger partial charge in [-0.05, 0) is 76.0 Å². The lowest BCUT2D eigenvalue weighted by Gasteiger charge is -2.13. The summed E-state index contributed by atoms with van der Waals surface area (Å²) < 4.78 is 42.6. The van der Waals surface area contributed by atoms with E-state index in [2.05, 4.69) is 41.3 Å². The van der Waals surface area contributed by atoms with E-state index in [1.165, 1.54) is 18.2 Å². The average molecular weight is 490 g/mol. The van der Waals surface area contributed by atoms with Crippen LogP contribution in [-0.4, -0.2) is 37.2 Å². The monoisotopic (exact) mass is 489 g/mol. The lowest BCUT2D eigenvalue weighted by atomic mass is 10.0. The second kappa shape index (κ2) is 9.15. The van der Waals surface area contributed by atoms with Gasteiger partial charge >= 0.3 is 0 Å². The summed E-state index contributed by atoms with van der Waals surface area (Å²) in [4.78, 5) is 4.24. The van der Waals surface area contributed by atoms with Crippen molar-refractivity contribution in [3.8, 4) is 0 Å². The molecule has 158 valence electrons. The molecule has 0 bridgehead atoms. The number of benzene rings is 1. The first kappa shape index (κ1) is 21.6. The van der Waals surface area contributed by atoms with Gasteiger partial charge in [0, 0.05) is 12.6 Å². The van der Waals surface area contributed by atoms with Gasteiger partial charge in [0.2, 0.25) is 5.82 Å². The van der Waals surface area contributed by atoms with Crippen LogP contribution < -0.4 is 20.9 Å². The molecule has 1 aliphatic carbocycles. The molecule has 2 atom stereocenters. The highest BCUT2D eigenvalue weighted by Crippen LogP contribution is 2.30. The summed E-state index contributed by atoms with van der Waals surface area (Å²) in [5.41, 5.74) is 6.75. The summed E-state index contributed by atoms with van der Waals surface area (Å²) in [7, 11) is -3.66. The predicted molar refractivity (Wildman–Crippen MR) is 109 cm³/mol. The molecular weight excluding hydrogens is 469 g/mol. The quantitative estimate of drug-likeness (QED) is 0.324. The van der Waals surface area contributed by atoms with Crippen molar-refractivity contribution in [1.29, 1.82) is 0 Å². The van der Waals surface area contributed by atoms with Gasteiger partial charge in [0.1, 0.15) is 5.82 Å². The minimum atomic E-state index is -3.66. The molecule has 1 heterocycles. The number of halogens is 2. The molecule has 1 aromatic heterocycles. The zero-order chi connectivity index (χ0) is 21.0. The van der Waals surface area contributed by atoms with Gasteiger partial charge in [-0.1, -0.05) is 0 Å². The van der Waals surface area contributed by atoms with Crippen molar-refractivity contribution >= 4 is 43.5 Å². The number of nitrogens with zero attached hydrogens (tertiary/aromatic N) is 3. The van der Waals surface area contributed by atoms with Gasteiger partial charge in [-0.15, -0.1) is 0 Å². The van der Waals surface area contributed by atoms with E-state index < -0.39 is 16.0 Å². The largest absolute Gasteiger partial charge is 0.382 e. The molecule has 2 aromatic rings. The van der Waals surface area contributed by atoms with E-state index in [0.717, 1.165) is 19.3 Å². The lowest BCUT2D eigenvalue weighted by molar-refractivity contribution is 0.307. The maximum absolute atomic E-state index is 13.4. The Balaban J connectivity index is 1.60. The zero-order valence-electron chi connectivity index (χ0n) is 15.3. The van der Waals surface area contributed by atoms with Gasteiger partial charge in [0.25, 0.3) is 10.2 Å². The first-order chi connectivity index (χ1) is 13.7. The molecule has 0 aliphatic heterocycles. The summed E-state index contributed by atoms with van der Waals surface area (Å²) in [6.07, 6.45) is 3.36. The Morgan fingerprint density at radius 1 is 1.38 bits per heavy atom. The van der Waals surface area contributed by atoms with E-state index in [-0.39, 0.29) is 22.0 Å². The van der Waals surface area contributed by atoms with Crippen molar-refractivity contribution in [3.05, 3.63) is 34.2 Å². The third kappa shape index (κ3) is 6.19. The fourth-order valence-corrected chi connectivity index (χ4v) is 4.03. The highest BCUT2D eigenvalue weighted by molar-refractivity contribution is 9.10. The molecule has 0 saturated heterocycles. The molecule has 1 fully saturated rings. The van der Waals surface area contributed by atoms with Crippen LogP contribution >= 0.6 is 15.9 Å². The molecule has 13 heteroatoms. The third-order valence-electron chi connectivity index (χ3n) is 4.62. The highest BCUT2D eigenvalue weighted by Gasteiger charge is 2.27. The molecule has 1 aromatic carbocycles. The zero-order valence-corrected chi connectivity index (χ0v) is 17.7. The molecule has 1 saturated carbocycles. The summed E-state index contributed by atoms with van der Waals surface area (Å²) in [6.45, 7) is 0.305. The second-order valence-electron chi connectivity index (χ2n) is 6.81. The van der Waals surface area contributed by atoms with Crippen molar-refractivity contribution in [2.24, 2.45) is 21.8 Å². The number of nitrogens with two attached hydrogens (primary N) is 2. The first-order valence-corrected chi connectivity index (χ1v) is 11.2. The Kier molecular flexibility index (Phi) is 6.82. The molecule has 0 amide bonds. The first-order valence-electron chi connectivity index (χ1n) is 8.87. The minimum absolute atomic E-state index is 0.0826. The molecule has 10 nitrogen and oxygen atoms in total. The topological polar surface area (TPSA) is 162 Å². The minimum Gasteiger partial charge on any atom is -0.382 e. The number of hydrogen-bond acceptors (Lipinski definition) is 7.